The normalized spacial score (nSPS) is 21.8. The van der Waals surface area contributed by atoms with Gasteiger partial charge in [0, 0.05) is 25.6 Å². The molecule has 2 heterocycles. The van der Waals surface area contributed by atoms with Gasteiger partial charge >= 0.3 is 0 Å². The van der Waals surface area contributed by atoms with Crippen molar-refractivity contribution in [2.45, 2.75) is 19.4 Å². The minimum Gasteiger partial charge on any atom is -0.381 e. The third-order valence-electron chi connectivity index (χ3n) is 3.05. The van der Waals surface area contributed by atoms with E-state index in [0.29, 0.717) is 12.0 Å². The first-order valence-electron chi connectivity index (χ1n) is 5.78. The average Bonchev–Trinajstić information content (AvgIpc) is 2.83. The highest BCUT2D eigenvalue weighted by molar-refractivity contribution is 5.45. The maximum absolute atomic E-state index is 5.39. The van der Waals surface area contributed by atoms with Crippen LogP contribution < -0.4 is 10.6 Å². The lowest BCUT2D eigenvalue weighted by atomic mass is 10.0. The van der Waals surface area contributed by atoms with E-state index in [0.717, 1.165) is 31.3 Å². The molecule has 1 aliphatic rings. The van der Waals surface area contributed by atoms with Crippen molar-refractivity contribution in [3.63, 3.8) is 0 Å². The number of hydrogen-bond acceptors (Lipinski definition) is 4. The highest BCUT2D eigenvalue weighted by atomic mass is 16.5. The van der Waals surface area contributed by atoms with Crippen LogP contribution in [0.4, 0.5) is 11.6 Å². The van der Waals surface area contributed by atoms with Crippen LogP contribution in [0.3, 0.4) is 0 Å². The van der Waals surface area contributed by atoms with Gasteiger partial charge in [-0.3, -0.25) is 0 Å². The largest absolute Gasteiger partial charge is 0.381 e. The van der Waals surface area contributed by atoms with Crippen LogP contribution in [0, 0.1) is 5.92 Å². The minimum atomic E-state index is 0.405. The molecule has 2 rings (SSSR count). The van der Waals surface area contributed by atoms with E-state index in [4.69, 9.17) is 4.74 Å². The van der Waals surface area contributed by atoms with E-state index >= 15 is 0 Å². The third-order valence-corrected chi connectivity index (χ3v) is 3.05. The summed E-state index contributed by atoms with van der Waals surface area (Å²) in [7, 11) is 1.88. The second-order valence-electron chi connectivity index (χ2n) is 4.21. The lowest BCUT2D eigenvalue weighted by Crippen LogP contribution is -2.26. The molecule has 0 bridgehead atoms. The summed E-state index contributed by atoms with van der Waals surface area (Å²) in [4.78, 5) is 4.44. The Morgan fingerprint density at radius 3 is 2.94 bits per heavy atom. The van der Waals surface area contributed by atoms with Crippen molar-refractivity contribution in [1.29, 1.82) is 0 Å². The number of anilines is 2. The molecule has 2 N–H and O–H groups in total. The summed E-state index contributed by atoms with van der Waals surface area (Å²) in [6.45, 7) is 3.94. The fraction of sp³-hybridized carbons (Fsp3) is 0.583. The Hall–Kier alpha value is -1.29. The smallest absolute Gasteiger partial charge is 0.128 e. The van der Waals surface area contributed by atoms with Crippen LogP contribution in [-0.2, 0) is 4.74 Å². The van der Waals surface area contributed by atoms with Gasteiger partial charge in [-0.15, -0.1) is 0 Å². The number of nitrogens with zero attached hydrogens (tertiary/aromatic N) is 1. The molecule has 0 amide bonds. The lowest BCUT2D eigenvalue weighted by molar-refractivity contribution is 0.183. The van der Waals surface area contributed by atoms with Crippen molar-refractivity contribution in [1.82, 2.24) is 4.98 Å². The fourth-order valence-corrected chi connectivity index (χ4v) is 1.95. The van der Waals surface area contributed by atoms with E-state index in [1.54, 1.807) is 0 Å². The highest BCUT2D eigenvalue weighted by Crippen LogP contribution is 2.19. The van der Waals surface area contributed by atoms with Gasteiger partial charge < -0.3 is 15.4 Å². The van der Waals surface area contributed by atoms with Crippen LogP contribution in [0.15, 0.2) is 18.2 Å². The van der Waals surface area contributed by atoms with Crippen LogP contribution in [0.1, 0.15) is 13.3 Å². The molecule has 0 aromatic carbocycles. The Labute approximate surface area is 96.4 Å². The average molecular weight is 221 g/mol. The Bertz CT molecular complexity index is 337. The van der Waals surface area contributed by atoms with Crippen LogP contribution in [-0.4, -0.2) is 31.3 Å². The van der Waals surface area contributed by atoms with Crippen LogP contribution in [0.25, 0.3) is 0 Å². The van der Waals surface area contributed by atoms with Crippen LogP contribution in [0.5, 0.6) is 0 Å². The molecular weight excluding hydrogens is 202 g/mol. The topological polar surface area (TPSA) is 46.2 Å². The highest BCUT2D eigenvalue weighted by Gasteiger charge is 2.22. The van der Waals surface area contributed by atoms with E-state index in [1.807, 2.05) is 25.2 Å². The molecule has 88 valence electrons. The fourth-order valence-electron chi connectivity index (χ4n) is 1.95. The summed E-state index contributed by atoms with van der Waals surface area (Å²) in [6.07, 6.45) is 1.14. The molecule has 1 aromatic rings. The molecule has 16 heavy (non-hydrogen) atoms. The maximum atomic E-state index is 5.39. The number of aromatic nitrogens is 1. The molecule has 2 atom stereocenters. The van der Waals surface area contributed by atoms with Gasteiger partial charge in [-0.05, 0) is 25.5 Å². The van der Waals surface area contributed by atoms with Gasteiger partial charge in [0.25, 0.3) is 0 Å². The summed E-state index contributed by atoms with van der Waals surface area (Å²) >= 11 is 0. The molecule has 0 saturated carbocycles. The summed E-state index contributed by atoms with van der Waals surface area (Å²) in [5, 5.41) is 6.46. The van der Waals surface area contributed by atoms with Crippen molar-refractivity contribution < 1.29 is 4.74 Å². The van der Waals surface area contributed by atoms with Gasteiger partial charge in [-0.2, -0.15) is 0 Å². The first-order valence-corrected chi connectivity index (χ1v) is 5.78. The predicted molar refractivity (Wildman–Crippen MR) is 65.8 cm³/mol. The predicted octanol–water partition coefficient (Wildman–Crippen LogP) is 1.96. The van der Waals surface area contributed by atoms with Gasteiger partial charge in [0.05, 0.1) is 6.61 Å². The van der Waals surface area contributed by atoms with Crippen molar-refractivity contribution in [2.24, 2.45) is 5.92 Å². The summed E-state index contributed by atoms with van der Waals surface area (Å²) in [5.74, 6) is 2.41. The second kappa shape index (κ2) is 5.16. The van der Waals surface area contributed by atoms with Gasteiger partial charge in [0.2, 0.25) is 0 Å². The Morgan fingerprint density at radius 2 is 2.25 bits per heavy atom. The number of nitrogens with one attached hydrogen (secondary N) is 2. The molecule has 0 spiro atoms. The molecular formula is C12H19N3O. The molecule has 1 fully saturated rings. The molecule has 0 radical (unpaired) electrons. The van der Waals surface area contributed by atoms with Crippen molar-refractivity contribution in [2.75, 3.05) is 30.9 Å². The van der Waals surface area contributed by atoms with Crippen LogP contribution in [0.2, 0.25) is 0 Å². The Morgan fingerprint density at radius 1 is 1.44 bits per heavy atom. The summed E-state index contributed by atoms with van der Waals surface area (Å²) in [5.41, 5.74) is 0. The molecule has 0 aliphatic carbocycles. The minimum absolute atomic E-state index is 0.405. The standard InChI is InChI=1S/C12H19N3O/c1-9(10-6-7-16-8-10)14-12-5-3-4-11(13-2)15-12/h3-5,9-10H,6-8H2,1-2H3,(H2,13,14,15). The van der Waals surface area contributed by atoms with Gasteiger partial charge in [-0.1, -0.05) is 6.07 Å². The number of ether oxygens (including phenoxy) is 1. The SMILES string of the molecule is CNc1cccc(NC(C)C2CCOC2)n1. The Balaban J connectivity index is 1.96. The van der Waals surface area contributed by atoms with Crippen molar-refractivity contribution in [3.05, 3.63) is 18.2 Å². The van der Waals surface area contributed by atoms with E-state index < -0.39 is 0 Å². The molecule has 1 aromatic heterocycles. The lowest BCUT2D eigenvalue weighted by Gasteiger charge is -2.20. The van der Waals surface area contributed by atoms with E-state index in [-0.39, 0.29) is 0 Å². The summed E-state index contributed by atoms with van der Waals surface area (Å²) in [6, 6.07) is 6.35. The number of pyridine rings is 1. The van der Waals surface area contributed by atoms with Gasteiger partial charge in [0.1, 0.15) is 11.6 Å². The van der Waals surface area contributed by atoms with E-state index in [1.165, 1.54) is 0 Å². The molecule has 4 nitrogen and oxygen atoms in total. The number of hydrogen-bond donors (Lipinski definition) is 2. The first-order chi connectivity index (χ1) is 7.79. The van der Waals surface area contributed by atoms with Crippen LogP contribution >= 0.6 is 0 Å². The van der Waals surface area contributed by atoms with Gasteiger partial charge in [0.15, 0.2) is 0 Å². The van der Waals surface area contributed by atoms with E-state index in [2.05, 4.69) is 22.5 Å². The quantitative estimate of drug-likeness (QED) is 0.816. The summed E-state index contributed by atoms with van der Waals surface area (Å²) < 4.78 is 5.39. The zero-order valence-electron chi connectivity index (χ0n) is 9.86. The second-order valence-corrected chi connectivity index (χ2v) is 4.21. The van der Waals surface area contributed by atoms with Crippen molar-refractivity contribution in [3.8, 4) is 0 Å². The molecule has 2 unspecified atom stereocenters. The Kier molecular flexibility index (Phi) is 3.62. The van der Waals surface area contributed by atoms with Crippen molar-refractivity contribution >= 4 is 11.6 Å². The number of rotatable bonds is 4. The first kappa shape index (κ1) is 11.2. The zero-order valence-corrected chi connectivity index (χ0v) is 9.86. The monoisotopic (exact) mass is 221 g/mol. The molecule has 1 saturated heterocycles. The zero-order chi connectivity index (χ0) is 11.4. The maximum Gasteiger partial charge on any atom is 0.128 e. The molecule has 4 heteroatoms. The van der Waals surface area contributed by atoms with E-state index in [9.17, 15) is 0 Å². The molecule has 1 aliphatic heterocycles. The third kappa shape index (κ3) is 2.64. The van der Waals surface area contributed by atoms with Gasteiger partial charge in [-0.25, -0.2) is 4.98 Å².